The molecular formula is C19H24Cl2F3N5OS. The van der Waals surface area contributed by atoms with Crippen LogP contribution in [0.15, 0.2) is 18.3 Å². The average Bonchev–Trinajstić information content (AvgIpc) is 3.05. The number of piperazine rings is 1. The van der Waals surface area contributed by atoms with Gasteiger partial charge in [-0.2, -0.15) is 13.2 Å². The van der Waals surface area contributed by atoms with Gasteiger partial charge >= 0.3 is 6.18 Å². The number of hydrogen-bond donors (Lipinski definition) is 1. The summed E-state index contributed by atoms with van der Waals surface area (Å²) in [6.45, 7) is 2.78. The molecule has 2 aliphatic heterocycles. The van der Waals surface area contributed by atoms with E-state index < -0.39 is 11.2 Å². The molecular weight excluding hydrogens is 474 g/mol. The lowest BCUT2D eigenvalue weighted by Gasteiger charge is -2.41. The number of aromatic nitrogens is 2. The summed E-state index contributed by atoms with van der Waals surface area (Å²) in [6, 6.07) is 3.94. The molecule has 1 saturated heterocycles. The van der Waals surface area contributed by atoms with E-state index >= 15 is 0 Å². The van der Waals surface area contributed by atoms with E-state index in [0.29, 0.717) is 52.8 Å². The second-order valence-corrected chi connectivity index (χ2v) is 8.13. The molecule has 0 aliphatic carbocycles. The van der Waals surface area contributed by atoms with Gasteiger partial charge in [0, 0.05) is 57.0 Å². The van der Waals surface area contributed by atoms with Crippen LogP contribution in [0, 0.1) is 0 Å². The van der Waals surface area contributed by atoms with Crippen molar-refractivity contribution in [3.05, 3.63) is 39.6 Å². The summed E-state index contributed by atoms with van der Waals surface area (Å²) >= 11 is 0.625. The van der Waals surface area contributed by atoms with Gasteiger partial charge in [-0.1, -0.05) is 11.3 Å². The van der Waals surface area contributed by atoms with E-state index in [1.165, 1.54) is 0 Å². The number of ether oxygens (including phenoxy) is 1. The number of pyridine rings is 1. The molecule has 1 atom stereocenters. The van der Waals surface area contributed by atoms with Crippen LogP contribution in [0.25, 0.3) is 11.9 Å². The molecule has 0 spiro atoms. The van der Waals surface area contributed by atoms with Crippen LogP contribution in [0.3, 0.4) is 0 Å². The van der Waals surface area contributed by atoms with E-state index in [9.17, 15) is 13.2 Å². The number of halogens is 5. The van der Waals surface area contributed by atoms with Crippen LogP contribution in [0.5, 0.6) is 0 Å². The molecule has 1 N–H and O–H groups in total. The number of anilines is 1. The molecule has 0 bridgehead atoms. The number of methoxy groups -OCH3 is 1. The van der Waals surface area contributed by atoms with Crippen molar-refractivity contribution < 1.29 is 17.9 Å². The molecule has 1 unspecified atom stereocenters. The number of nitrogens with zero attached hydrogens (tertiary/aromatic N) is 4. The molecule has 1 fully saturated rings. The predicted molar refractivity (Wildman–Crippen MR) is 120 cm³/mol. The third-order valence-corrected chi connectivity index (χ3v) is 6.30. The minimum atomic E-state index is -4.49. The van der Waals surface area contributed by atoms with Gasteiger partial charge in [0.1, 0.15) is 10.7 Å². The number of fused-ring (bicyclic) bond motifs is 2. The highest BCUT2D eigenvalue weighted by Crippen LogP contribution is 2.39. The van der Waals surface area contributed by atoms with Crippen molar-refractivity contribution in [3.8, 4) is 0 Å². The third kappa shape index (κ3) is 5.25. The van der Waals surface area contributed by atoms with Gasteiger partial charge in [-0.25, -0.2) is 4.98 Å². The standard InChI is InChI=1S/C19H22F3N5OS.2ClH/c1-26-7-8-27(11-13(26)5-9-28-2)16-14-12(4-3-6-23-14)10-24-17-15(16)25-18(29-17)19(20,21)22;;/h3-4,6,10,13,24H,5,7-9,11H2,1-2H3;2*1H. The van der Waals surface area contributed by atoms with Gasteiger partial charge in [0.15, 0.2) is 0 Å². The van der Waals surface area contributed by atoms with Gasteiger partial charge in [-0.05, 0) is 25.6 Å². The molecule has 0 amide bonds. The van der Waals surface area contributed by atoms with Crippen LogP contribution < -0.4 is 15.9 Å². The Bertz CT molecular complexity index is 1020. The first kappa shape index (κ1) is 25.7. The quantitative estimate of drug-likeness (QED) is 0.699. The van der Waals surface area contributed by atoms with Crippen molar-refractivity contribution in [1.82, 2.24) is 19.8 Å². The summed E-state index contributed by atoms with van der Waals surface area (Å²) in [7, 11) is 3.73. The van der Waals surface area contributed by atoms with E-state index in [1.807, 2.05) is 12.1 Å². The smallest absolute Gasteiger partial charge is 0.385 e. The van der Waals surface area contributed by atoms with Crippen LogP contribution >= 0.6 is 36.2 Å². The fraction of sp³-hybridized carbons (Fsp3) is 0.474. The van der Waals surface area contributed by atoms with Gasteiger partial charge in [0.2, 0.25) is 5.01 Å². The number of hydrogen-bond acceptors (Lipinski definition) is 7. The zero-order valence-electron chi connectivity index (χ0n) is 17.0. The summed E-state index contributed by atoms with van der Waals surface area (Å²) < 4.78 is 45.3. The van der Waals surface area contributed by atoms with E-state index in [4.69, 9.17) is 4.74 Å². The minimum Gasteiger partial charge on any atom is -0.385 e. The Morgan fingerprint density at radius 2 is 2.06 bits per heavy atom. The molecule has 4 rings (SSSR count). The van der Waals surface area contributed by atoms with Crippen molar-refractivity contribution in [2.24, 2.45) is 0 Å². The largest absolute Gasteiger partial charge is 0.443 e. The van der Waals surface area contributed by atoms with Crippen LogP contribution in [-0.4, -0.2) is 66.2 Å². The number of alkyl halides is 3. The molecule has 6 nitrogen and oxygen atoms in total. The van der Waals surface area contributed by atoms with Crippen molar-refractivity contribution in [2.45, 2.75) is 18.6 Å². The first-order chi connectivity index (χ1) is 13.9. The van der Waals surface area contributed by atoms with E-state index in [2.05, 4.69) is 32.1 Å². The second-order valence-electron chi connectivity index (χ2n) is 7.13. The molecule has 0 saturated carbocycles. The Hall–Kier alpha value is -1.59. The van der Waals surface area contributed by atoms with Crippen molar-refractivity contribution in [2.75, 3.05) is 45.7 Å². The first-order valence-electron chi connectivity index (χ1n) is 9.33. The lowest BCUT2D eigenvalue weighted by molar-refractivity contribution is -0.137. The van der Waals surface area contributed by atoms with Crippen molar-refractivity contribution in [3.63, 3.8) is 0 Å². The summed E-state index contributed by atoms with van der Waals surface area (Å²) in [5, 5.41) is 4.01. The van der Waals surface area contributed by atoms with E-state index in [1.54, 1.807) is 19.5 Å². The lowest BCUT2D eigenvalue weighted by atomic mass is 10.1. The molecule has 0 radical (unpaired) electrons. The van der Waals surface area contributed by atoms with Gasteiger partial charge in [0.25, 0.3) is 0 Å². The zero-order chi connectivity index (χ0) is 20.6. The summed E-state index contributed by atoms with van der Waals surface area (Å²) in [5.74, 6) is 0. The second kappa shape index (κ2) is 10.4. The van der Waals surface area contributed by atoms with Crippen LogP contribution in [0.1, 0.15) is 17.1 Å². The number of likely N-dealkylation sites (N-methyl/N-ethyl adjacent to an activating group) is 1. The highest BCUT2D eigenvalue weighted by atomic mass is 35.5. The number of thiazole rings is 1. The van der Waals surface area contributed by atoms with Crippen LogP contribution in [-0.2, 0) is 10.9 Å². The Labute approximate surface area is 194 Å². The zero-order valence-corrected chi connectivity index (χ0v) is 19.4. The molecule has 2 aliphatic rings. The van der Waals surface area contributed by atoms with E-state index in [-0.39, 0.29) is 30.9 Å². The Kier molecular flexibility index (Phi) is 8.57. The van der Waals surface area contributed by atoms with Crippen LogP contribution in [0.4, 0.5) is 18.2 Å². The normalized spacial score (nSPS) is 18.5. The summed E-state index contributed by atoms with van der Waals surface area (Å²) in [6.07, 6.45) is -0.286. The average molecular weight is 498 g/mol. The molecule has 172 valence electrons. The highest BCUT2D eigenvalue weighted by Gasteiger charge is 2.38. The minimum absolute atomic E-state index is 0. The molecule has 12 heteroatoms. The summed E-state index contributed by atoms with van der Waals surface area (Å²) in [5.41, 5.74) is 0.963. The SMILES string of the molecule is COCCC1CN(C2=c3ncccc3=CNc3sc(C(F)(F)F)nc32)CCN1C.Cl.Cl. The van der Waals surface area contributed by atoms with Crippen molar-refractivity contribution in [1.29, 1.82) is 0 Å². The first-order valence-corrected chi connectivity index (χ1v) is 10.1. The van der Waals surface area contributed by atoms with Gasteiger partial charge in [0.05, 0.1) is 11.0 Å². The molecule has 4 heterocycles. The Morgan fingerprint density at radius 1 is 1.29 bits per heavy atom. The Morgan fingerprint density at radius 3 is 2.77 bits per heavy atom. The maximum absolute atomic E-state index is 13.3. The van der Waals surface area contributed by atoms with Gasteiger partial charge in [-0.15, -0.1) is 24.8 Å². The monoisotopic (exact) mass is 497 g/mol. The maximum Gasteiger partial charge on any atom is 0.443 e. The van der Waals surface area contributed by atoms with Gasteiger partial charge < -0.3 is 15.0 Å². The molecule has 0 aromatic carbocycles. The molecule has 2 aromatic rings. The maximum atomic E-state index is 13.3. The lowest BCUT2D eigenvalue weighted by Crippen LogP contribution is -2.52. The topological polar surface area (TPSA) is 53.5 Å². The third-order valence-electron chi connectivity index (χ3n) is 5.26. The van der Waals surface area contributed by atoms with E-state index in [0.717, 1.165) is 18.2 Å². The molecule has 2 aromatic heterocycles. The van der Waals surface area contributed by atoms with Crippen LogP contribution in [0.2, 0.25) is 0 Å². The highest BCUT2D eigenvalue weighted by molar-refractivity contribution is 7.16. The summed E-state index contributed by atoms with van der Waals surface area (Å²) in [4.78, 5) is 12.9. The predicted octanol–water partition coefficient (Wildman–Crippen LogP) is 2.37. The number of nitrogens with one attached hydrogen (secondary N) is 1. The fourth-order valence-corrected chi connectivity index (χ4v) is 4.50. The molecule has 31 heavy (non-hydrogen) atoms. The fourth-order valence-electron chi connectivity index (χ4n) is 3.70. The van der Waals surface area contributed by atoms with Gasteiger partial charge in [-0.3, -0.25) is 9.88 Å². The Balaban J connectivity index is 0.00000171. The number of rotatable bonds is 4. The van der Waals surface area contributed by atoms with Crippen molar-refractivity contribution >= 4 is 53.0 Å².